The molecular formula is C14H7ClF6O4S2. The first kappa shape index (κ1) is 21.5. The topological polar surface area (TPSA) is 60.4 Å². The molecule has 27 heavy (non-hydrogen) atoms. The Hall–Kier alpha value is -1.79. The molecule has 1 aromatic carbocycles. The smallest absolute Gasteiger partial charge is 0.426 e. The average molecular weight is 453 g/mol. The molecule has 0 fully saturated rings. The van der Waals surface area contributed by atoms with E-state index in [4.69, 9.17) is 10.7 Å². The Kier molecular flexibility index (Phi) is 5.56. The Balaban J connectivity index is 3.09. The van der Waals surface area contributed by atoms with Crippen LogP contribution < -0.4 is 0 Å². The van der Waals surface area contributed by atoms with Gasteiger partial charge in [-0.15, -0.1) is 11.3 Å². The SMILES string of the molecule is COC(=O)c1sc(C(F)(F)F)c(-c2ccccc2C(F)(F)F)c1S(=O)(=O)Cl. The molecule has 0 amide bonds. The highest BCUT2D eigenvalue weighted by Crippen LogP contribution is 2.50. The maximum absolute atomic E-state index is 13.5. The standard InChI is InChI=1S/C14H7ClF6O4S2/c1-25-12(22)9-10(27(15,23)24)8(11(26-9)14(19,20)21)6-4-2-3-5-7(6)13(16,17)18/h2-5H,1H3. The summed E-state index contributed by atoms with van der Waals surface area (Å²) in [6.07, 6.45) is -10.4. The predicted octanol–water partition coefficient (Wildman–Crippen LogP) is 5.17. The van der Waals surface area contributed by atoms with Gasteiger partial charge in [0.15, 0.2) is 0 Å². The first-order valence-corrected chi connectivity index (χ1v) is 9.75. The van der Waals surface area contributed by atoms with Gasteiger partial charge in [-0.2, -0.15) is 26.3 Å². The van der Waals surface area contributed by atoms with Crippen LogP contribution in [0.1, 0.15) is 20.1 Å². The highest BCUT2D eigenvalue weighted by Gasteiger charge is 2.45. The van der Waals surface area contributed by atoms with E-state index in [-0.39, 0.29) is 11.3 Å². The molecule has 0 saturated carbocycles. The van der Waals surface area contributed by atoms with Crippen LogP contribution in [0.3, 0.4) is 0 Å². The van der Waals surface area contributed by atoms with Crippen molar-refractivity contribution in [2.45, 2.75) is 17.2 Å². The van der Waals surface area contributed by atoms with Gasteiger partial charge < -0.3 is 4.74 Å². The van der Waals surface area contributed by atoms with Gasteiger partial charge >= 0.3 is 18.3 Å². The first-order valence-electron chi connectivity index (χ1n) is 6.63. The molecule has 2 rings (SSSR count). The second-order valence-electron chi connectivity index (χ2n) is 4.93. The van der Waals surface area contributed by atoms with Gasteiger partial charge in [0.05, 0.1) is 12.7 Å². The van der Waals surface area contributed by atoms with Crippen LogP contribution >= 0.6 is 22.0 Å². The van der Waals surface area contributed by atoms with Crippen LogP contribution in [-0.4, -0.2) is 21.5 Å². The first-order chi connectivity index (χ1) is 12.2. The molecule has 2 aromatic rings. The van der Waals surface area contributed by atoms with E-state index in [1.807, 2.05) is 0 Å². The van der Waals surface area contributed by atoms with Crippen LogP contribution in [0.5, 0.6) is 0 Å². The maximum atomic E-state index is 13.5. The predicted molar refractivity (Wildman–Crippen MR) is 84.1 cm³/mol. The molecule has 0 atom stereocenters. The summed E-state index contributed by atoms with van der Waals surface area (Å²) in [5, 5.41) is 0. The van der Waals surface area contributed by atoms with Gasteiger partial charge in [-0.05, 0) is 11.6 Å². The molecule has 0 aliphatic heterocycles. The molecule has 0 radical (unpaired) electrons. The van der Waals surface area contributed by atoms with Crippen LogP contribution in [0.25, 0.3) is 11.1 Å². The quantitative estimate of drug-likeness (QED) is 0.366. The fourth-order valence-electron chi connectivity index (χ4n) is 2.27. The van der Waals surface area contributed by atoms with Gasteiger partial charge in [-0.25, -0.2) is 13.2 Å². The minimum atomic E-state index is -5.26. The van der Waals surface area contributed by atoms with Crippen molar-refractivity contribution in [3.05, 3.63) is 39.6 Å². The van der Waals surface area contributed by atoms with Crippen LogP contribution in [-0.2, 0) is 26.1 Å². The zero-order valence-electron chi connectivity index (χ0n) is 12.9. The molecule has 13 heteroatoms. The lowest BCUT2D eigenvalue weighted by Crippen LogP contribution is -2.11. The largest absolute Gasteiger partial charge is 0.465 e. The molecule has 0 unspecified atom stereocenters. The van der Waals surface area contributed by atoms with Gasteiger partial charge in [0.1, 0.15) is 14.6 Å². The number of benzene rings is 1. The number of thiophene rings is 1. The molecule has 1 heterocycles. The normalized spacial score (nSPS) is 12.9. The van der Waals surface area contributed by atoms with Gasteiger partial charge in [-0.3, -0.25) is 0 Å². The van der Waals surface area contributed by atoms with E-state index < -0.39 is 58.7 Å². The summed E-state index contributed by atoms with van der Waals surface area (Å²) in [6, 6.07) is 3.05. The van der Waals surface area contributed by atoms with E-state index in [1.165, 1.54) is 0 Å². The number of ether oxygens (including phenoxy) is 1. The minimum absolute atomic E-state index is 0.364. The van der Waals surface area contributed by atoms with E-state index in [9.17, 15) is 39.6 Å². The lowest BCUT2D eigenvalue weighted by Gasteiger charge is -2.15. The van der Waals surface area contributed by atoms with Gasteiger partial charge in [-0.1, -0.05) is 18.2 Å². The Labute approximate surface area is 156 Å². The molecule has 4 nitrogen and oxygen atoms in total. The van der Waals surface area contributed by atoms with E-state index in [2.05, 4.69) is 4.74 Å². The van der Waals surface area contributed by atoms with E-state index in [0.29, 0.717) is 12.1 Å². The third-order valence-electron chi connectivity index (χ3n) is 3.24. The third kappa shape index (κ3) is 4.22. The fraction of sp³-hybridized carbons (Fsp3) is 0.214. The van der Waals surface area contributed by atoms with Crippen molar-refractivity contribution in [2.75, 3.05) is 7.11 Å². The van der Waals surface area contributed by atoms with Crippen LogP contribution in [0, 0.1) is 0 Å². The number of methoxy groups -OCH3 is 1. The molecule has 0 aliphatic carbocycles. The second kappa shape index (κ2) is 6.99. The van der Waals surface area contributed by atoms with E-state index in [0.717, 1.165) is 19.2 Å². The summed E-state index contributed by atoms with van der Waals surface area (Å²) in [5.74, 6) is -1.49. The van der Waals surface area contributed by atoms with Crippen molar-refractivity contribution in [3.8, 4) is 11.1 Å². The van der Waals surface area contributed by atoms with Crippen molar-refractivity contribution >= 4 is 37.0 Å². The highest BCUT2D eigenvalue weighted by atomic mass is 35.7. The second-order valence-corrected chi connectivity index (χ2v) is 8.46. The fourth-order valence-corrected chi connectivity index (χ4v) is 5.14. The molecule has 0 N–H and O–H groups in total. The van der Waals surface area contributed by atoms with Crippen molar-refractivity contribution in [2.24, 2.45) is 0 Å². The number of rotatable bonds is 3. The number of hydrogen-bond acceptors (Lipinski definition) is 5. The van der Waals surface area contributed by atoms with Crippen LogP contribution in [0.15, 0.2) is 29.2 Å². The van der Waals surface area contributed by atoms with Crippen molar-refractivity contribution in [3.63, 3.8) is 0 Å². The number of alkyl halides is 6. The third-order valence-corrected chi connectivity index (χ3v) is 5.94. The summed E-state index contributed by atoms with van der Waals surface area (Å²) in [5.41, 5.74) is -3.95. The van der Waals surface area contributed by atoms with Crippen LogP contribution in [0.4, 0.5) is 26.3 Å². The zero-order chi connectivity index (χ0) is 20.8. The average Bonchev–Trinajstić information content (AvgIpc) is 2.94. The summed E-state index contributed by atoms with van der Waals surface area (Å²) in [7, 11) is 0.885. The Morgan fingerprint density at radius 1 is 1.07 bits per heavy atom. The van der Waals surface area contributed by atoms with Crippen molar-refractivity contribution in [1.29, 1.82) is 0 Å². The molecule has 0 aliphatic rings. The van der Waals surface area contributed by atoms with E-state index >= 15 is 0 Å². The summed E-state index contributed by atoms with van der Waals surface area (Å²) in [6.45, 7) is 0. The lowest BCUT2D eigenvalue weighted by atomic mass is 9.99. The van der Waals surface area contributed by atoms with Crippen molar-refractivity contribution < 1.29 is 44.3 Å². The van der Waals surface area contributed by atoms with Crippen LogP contribution in [0.2, 0.25) is 0 Å². The minimum Gasteiger partial charge on any atom is -0.465 e. The number of halogens is 7. The number of carbonyl (C=O) groups excluding carboxylic acids is 1. The number of carbonyl (C=O) groups is 1. The van der Waals surface area contributed by atoms with Gasteiger partial charge in [0, 0.05) is 16.2 Å². The maximum Gasteiger partial charge on any atom is 0.426 e. The van der Waals surface area contributed by atoms with Gasteiger partial charge in [0.25, 0.3) is 9.05 Å². The molecule has 148 valence electrons. The Bertz CT molecular complexity index is 992. The molecular weight excluding hydrogens is 446 g/mol. The Morgan fingerprint density at radius 3 is 2.07 bits per heavy atom. The van der Waals surface area contributed by atoms with Gasteiger partial charge in [0.2, 0.25) is 0 Å². The summed E-state index contributed by atoms with van der Waals surface area (Å²) < 4.78 is 108. The Morgan fingerprint density at radius 2 is 1.63 bits per heavy atom. The molecule has 0 saturated heterocycles. The van der Waals surface area contributed by atoms with Crippen molar-refractivity contribution in [1.82, 2.24) is 0 Å². The zero-order valence-corrected chi connectivity index (χ0v) is 15.3. The number of esters is 1. The monoisotopic (exact) mass is 452 g/mol. The van der Waals surface area contributed by atoms with E-state index in [1.54, 1.807) is 0 Å². The highest BCUT2D eigenvalue weighted by molar-refractivity contribution is 8.14. The summed E-state index contributed by atoms with van der Waals surface area (Å²) in [4.78, 5) is 7.58. The summed E-state index contributed by atoms with van der Waals surface area (Å²) >= 11 is -0.364. The lowest BCUT2D eigenvalue weighted by molar-refractivity contribution is -0.138. The molecule has 0 bridgehead atoms. The molecule has 1 aromatic heterocycles. The number of hydrogen-bond donors (Lipinski definition) is 0. The molecule has 0 spiro atoms.